The molecule has 1 aromatic carbocycles. The van der Waals surface area contributed by atoms with Gasteiger partial charge in [0.15, 0.2) is 6.10 Å². The first kappa shape index (κ1) is 20.7. The molecule has 2 aliphatic heterocycles. The predicted molar refractivity (Wildman–Crippen MR) is 110 cm³/mol. The van der Waals surface area contributed by atoms with Crippen molar-refractivity contribution in [1.82, 2.24) is 10.2 Å². The number of aryl methyl sites for hydroxylation is 1. The van der Waals surface area contributed by atoms with E-state index < -0.39 is 6.10 Å². The monoisotopic (exact) mass is 386 g/mol. The van der Waals surface area contributed by atoms with Gasteiger partial charge in [-0.1, -0.05) is 38.5 Å². The maximum absolute atomic E-state index is 12.6. The summed E-state index contributed by atoms with van der Waals surface area (Å²) in [6.07, 6.45) is 5.69. The minimum atomic E-state index is -0.514. The number of carbonyl (C=O) groups is 2. The number of para-hydroxylation sites is 1. The number of piperidine rings is 1. The molecule has 1 spiro atoms. The van der Waals surface area contributed by atoms with E-state index in [1.807, 2.05) is 43.9 Å². The number of nitrogens with zero attached hydrogens (tertiary/aromatic N) is 1. The van der Waals surface area contributed by atoms with Gasteiger partial charge in [-0.25, -0.2) is 0 Å². The number of amides is 2. The minimum absolute atomic E-state index is 0.0446. The highest BCUT2D eigenvalue weighted by Gasteiger charge is 2.36. The van der Waals surface area contributed by atoms with Gasteiger partial charge in [0, 0.05) is 25.6 Å². The zero-order valence-electron chi connectivity index (χ0n) is 17.5. The zero-order valence-corrected chi connectivity index (χ0v) is 17.5. The molecule has 0 radical (unpaired) electrons. The molecule has 0 aromatic heterocycles. The lowest BCUT2D eigenvalue weighted by molar-refractivity contribution is -0.137. The van der Waals surface area contributed by atoms with Gasteiger partial charge in [-0.05, 0) is 56.1 Å². The van der Waals surface area contributed by atoms with Gasteiger partial charge < -0.3 is 15.0 Å². The molecule has 1 fully saturated rings. The highest BCUT2D eigenvalue weighted by Crippen LogP contribution is 2.37. The van der Waals surface area contributed by atoms with Gasteiger partial charge in [-0.3, -0.25) is 9.59 Å². The van der Waals surface area contributed by atoms with E-state index in [0.29, 0.717) is 6.54 Å². The van der Waals surface area contributed by atoms with Crippen molar-refractivity contribution in [2.75, 3.05) is 19.6 Å². The Morgan fingerprint density at radius 1 is 1.18 bits per heavy atom. The van der Waals surface area contributed by atoms with E-state index in [9.17, 15) is 9.59 Å². The maximum atomic E-state index is 12.6. The van der Waals surface area contributed by atoms with E-state index in [-0.39, 0.29) is 23.1 Å². The van der Waals surface area contributed by atoms with E-state index in [2.05, 4.69) is 11.4 Å². The summed E-state index contributed by atoms with van der Waals surface area (Å²) < 4.78 is 5.97. The minimum Gasteiger partial charge on any atom is -0.481 e. The lowest BCUT2D eigenvalue weighted by atomic mass is 9.74. The second kappa shape index (κ2) is 8.97. The van der Waals surface area contributed by atoms with Crippen molar-refractivity contribution < 1.29 is 14.3 Å². The Hall–Kier alpha value is -2.04. The van der Waals surface area contributed by atoms with Gasteiger partial charge in [-0.15, -0.1) is 0 Å². The smallest absolute Gasteiger partial charge is 0.260 e. The topological polar surface area (TPSA) is 58.6 Å². The lowest BCUT2D eigenvalue weighted by Gasteiger charge is -2.43. The van der Waals surface area contributed by atoms with Crippen LogP contribution in [0.4, 0.5) is 0 Å². The normalized spacial score (nSPS) is 23.2. The second-order valence-corrected chi connectivity index (χ2v) is 8.77. The van der Waals surface area contributed by atoms with Gasteiger partial charge in [0.1, 0.15) is 5.75 Å². The van der Waals surface area contributed by atoms with Gasteiger partial charge in [0.05, 0.1) is 0 Å². The first-order valence-corrected chi connectivity index (χ1v) is 10.7. The lowest BCUT2D eigenvalue weighted by Crippen LogP contribution is -2.50. The van der Waals surface area contributed by atoms with Gasteiger partial charge in [0.2, 0.25) is 5.91 Å². The van der Waals surface area contributed by atoms with E-state index >= 15 is 0 Å². The molecule has 154 valence electrons. The fraction of sp³-hybridized carbons (Fsp3) is 0.652. The summed E-state index contributed by atoms with van der Waals surface area (Å²) in [6.45, 7) is 7.99. The Kier molecular flexibility index (Phi) is 6.63. The Labute approximate surface area is 168 Å². The van der Waals surface area contributed by atoms with Crippen LogP contribution in [0.15, 0.2) is 24.3 Å². The molecular formula is C23H34N2O3. The molecule has 2 aliphatic rings. The average Bonchev–Trinajstić information content (AvgIpc) is 2.69. The molecule has 0 aliphatic carbocycles. The molecule has 1 atom stereocenters. The van der Waals surface area contributed by atoms with E-state index in [0.717, 1.165) is 57.4 Å². The van der Waals surface area contributed by atoms with Crippen molar-refractivity contribution in [3.8, 4) is 5.75 Å². The van der Waals surface area contributed by atoms with Crippen LogP contribution in [0.3, 0.4) is 0 Å². The second-order valence-electron chi connectivity index (χ2n) is 8.77. The van der Waals surface area contributed by atoms with E-state index in [1.54, 1.807) is 0 Å². The molecule has 0 saturated carbocycles. The Bertz CT molecular complexity index is 693. The van der Waals surface area contributed by atoms with Crippen LogP contribution in [0, 0.1) is 11.3 Å². The van der Waals surface area contributed by atoms with Gasteiger partial charge >= 0.3 is 0 Å². The Morgan fingerprint density at radius 3 is 2.61 bits per heavy atom. The SMILES string of the molecule is CC(C)C(=O)N1CCC2(CCCCc3ccccc3O[C@H](C)C(=O)NC2)CC1. The molecule has 1 saturated heterocycles. The molecule has 2 heterocycles. The number of fused-ring (bicyclic) bond motifs is 1. The number of ether oxygens (including phenoxy) is 1. The number of hydrogen-bond acceptors (Lipinski definition) is 3. The first-order chi connectivity index (χ1) is 13.4. The van der Waals surface area contributed by atoms with Gasteiger partial charge in [-0.2, -0.15) is 0 Å². The van der Waals surface area contributed by atoms with Crippen LogP contribution < -0.4 is 10.1 Å². The van der Waals surface area contributed by atoms with E-state index in [1.165, 1.54) is 5.56 Å². The third-order valence-electron chi connectivity index (χ3n) is 6.32. The van der Waals surface area contributed by atoms with Crippen LogP contribution >= 0.6 is 0 Å². The van der Waals surface area contributed by atoms with Crippen molar-refractivity contribution in [3.63, 3.8) is 0 Å². The summed E-state index contributed by atoms with van der Waals surface area (Å²) in [5.41, 5.74) is 1.26. The number of nitrogens with one attached hydrogen (secondary N) is 1. The molecule has 0 unspecified atom stereocenters. The summed E-state index contributed by atoms with van der Waals surface area (Å²) in [6, 6.07) is 8.03. The van der Waals surface area contributed by atoms with Crippen molar-refractivity contribution in [3.05, 3.63) is 29.8 Å². The van der Waals surface area contributed by atoms with Crippen LogP contribution in [0.1, 0.15) is 58.4 Å². The van der Waals surface area contributed by atoms with Crippen LogP contribution in [0.25, 0.3) is 0 Å². The van der Waals surface area contributed by atoms with Crippen LogP contribution in [-0.4, -0.2) is 42.5 Å². The number of benzene rings is 1. The fourth-order valence-corrected chi connectivity index (χ4v) is 4.38. The summed E-state index contributed by atoms with van der Waals surface area (Å²) in [7, 11) is 0. The van der Waals surface area contributed by atoms with Crippen molar-refractivity contribution in [2.45, 2.75) is 65.4 Å². The fourth-order valence-electron chi connectivity index (χ4n) is 4.38. The largest absolute Gasteiger partial charge is 0.481 e. The quantitative estimate of drug-likeness (QED) is 0.803. The molecule has 0 bridgehead atoms. The standard InChI is InChI=1S/C23H34N2O3/c1-17(2)22(27)25-14-12-23(13-15-25)11-7-6-9-19-8-4-5-10-20(19)28-18(3)21(26)24-16-23/h4-5,8,10,17-18H,6-7,9,11-16H2,1-3H3,(H,24,26)/t18-/m1/s1. The summed E-state index contributed by atoms with van der Waals surface area (Å²) in [4.78, 5) is 27.0. The van der Waals surface area contributed by atoms with Gasteiger partial charge in [0.25, 0.3) is 5.91 Å². The predicted octanol–water partition coefficient (Wildman–Crippen LogP) is 3.56. The molecular weight excluding hydrogens is 352 g/mol. The van der Waals surface area contributed by atoms with Crippen molar-refractivity contribution in [1.29, 1.82) is 0 Å². The summed E-state index contributed by atoms with van der Waals surface area (Å²) in [5, 5.41) is 3.14. The molecule has 28 heavy (non-hydrogen) atoms. The van der Waals surface area contributed by atoms with Crippen LogP contribution in [0.5, 0.6) is 5.75 Å². The average molecular weight is 387 g/mol. The zero-order chi connectivity index (χ0) is 20.1. The molecule has 1 aromatic rings. The molecule has 1 N–H and O–H groups in total. The van der Waals surface area contributed by atoms with Crippen LogP contribution in [0.2, 0.25) is 0 Å². The molecule has 2 amide bonds. The number of hydrogen-bond donors (Lipinski definition) is 1. The van der Waals surface area contributed by atoms with Crippen molar-refractivity contribution in [2.24, 2.45) is 11.3 Å². The summed E-state index contributed by atoms with van der Waals surface area (Å²) >= 11 is 0. The number of rotatable bonds is 1. The molecule has 3 rings (SSSR count). The van der Waals surface area contributed by atoms with Crippen molar-refractivity contribution >= 4 is 11.8 Å². The molecule has 5 heteroatoms. The third-order valence-corrected chi connectivity index (χ3v) is 6.32. The maximum Gasteiger partial charge on any atom is 0.260 e. The number of carbonyl (C=O) groups excluding carboxylic acids is 2. The third kappa shape index (κ3) is 4.86. The van der Waals surface area contributed by atoms with E-state index in [4.69, 9.17) is 4.74 Å². The van der Waals surface area contributed by atoms with Crippen LogP contribution in [-0.2, 0) is 16.0 Å². The Balaban J connectivity index is 1.70. The molecule has 5 nitrogen and oxygen atoms in total. The highest BCUT2D eigenvalue weighted by atomic mass is 16.5. The Morgan fingerprint density at radius 2 is 1.89 bits per heavy atom. The highest BCUT2D eigenvalue weighted by molar-refractivity contribution is 5.81. The summed E-state index contributed by atoms with van der Waals surface area (Å²) in [5.74, 6) is 1.05. The first-order valence-electron chi connectivity index (χ1n) is 10.7. The number of likely N-dealkylation sites (tertiary alicyclic amines) is 1.